The van der Waals surface area contributed by atoms with Crippen molar-refractivity contribution in [3.05, 3.63) is 0 Å². The number of halogens is 2. The SMILES string of the molecule is CC12CC3CC(C1)CC(C(=O)N(CCN)CC(F)F)(C3)C2. The van der Waals surface area contributed by atoms with Gasteiger partial charge < -0.3 is 10.6 Å². The van der Waals surface area contributed by atoms with Gasteiger partial charge in [0.1, 0.15) is 0 Å². The van der Waals surface area contributed by atoms with E-state index in [1.165, 1.54) is 24.2 Å². The quantitative estimate of drug-likeness (QED) is 0.848. The van der Waals surface area contributed by atoms with Crippen LogP contribution in [0.4, 0.5) is 8.78 Å². The summed E-state index contributed by atoms with van der Waals surface area (Å²) in [7, 11) is 0. The van der Waals surface area contributed by atoms with E-state index >= 15 is 0 Å². The number of alkyl halides is 2. The largest absolute Gasteiger partial charge is 0.335 e. The maximum atomic E-state index is 13.0. The van der Waals surface area contributed by atoms with Gasteiger partial charge in [-0.25, -0.2) is 8.78 Å². The van der Waals surface area contributed by atoms with E-state index in [0.717, 1.165) is 19.3 Å². The van der Waals surface area contributed by atoms with E-state index < -0.39 is 13.0 Å². The van der Waals surface area contributed by atoms with Crippen LogP contribution in [-0.4, -0.2) is 36.9 Å². The van der Waals surface area contributed by atoms with Gasteiger partial charge in [0.2, 0.25) is 5.91 Å². The molecule has 120 valence electrons. The second-order valence-electron chi connectivity index (χ2n) is 7.98. The Balaban J connectivity index is 1.82. The average Bonchev–Trinajstić information content (AvgIpc) is 2.33. The van der Waals surface area contributed by atoms with Crippen molar-refractivity contribution in [3.63, 3.8) is 0 Å². The van der Waals surface area contributed by atoms with E-state index in [0.29, 0.717) is 11.8 Å². The lowest BCUT2D eigenvalue weighted by Gasteiger charge is -2.61. The molecule has 1 amide bonds. The molecule has 5 heteroatoms. The van der Waals surface area contributed by atoms with Crippen molar-refractivity contribution < 1.29 is 13.6 Å². The smallest absolute Gasteiger partial charge is 0.255 e. The highest BCUT2D eigenvalue weighted by Crippen LogP contribution is 2.65. The molecule has 0 aromatic rings. The number of nitrogens with two attached hydrogens (primary N) is 1. The first kappa shape index (κ1) is 15.2. The molecule has 0 heterocycles. The van der Waals surface area contributed by atoms with Crippen LogP contribution in [0.25, 0.3) is 0 Å². The van der Waals surface area contributed by atoms with Gasteiger partial charge in [0.05, 0.1) is 12.0 Å². The lowest BCUT2D eigenvalue weighted by molar-refractivity contribution is -0.167. The predicted molar refractivity (Wildman–Crippen MR) is 76.9 cm³/mol. The zero-order chi connectivity index (χ0) is 15.3. The first-order valence-electron chi connectivity index (χ1n) is 8.13. The van der Waals surface area contributed by atoms with E-state index in [4.69, 9.17) is 5.73 Å². The average molecular weight is 300 g/mol. The Bertz CT molecular complexity index is 413. The maximum absolute atomic E-state index is 13.0. The Labute approximate surface area is 125 Å². The Morgan fingerprint density at radius 3 is 2.38 bits per heavy atom. The number of hydrogen-bond donors (Lipinski definition) is 1. The Hall–Kier alpha value is -0.710. The molecule has 0 radical (unpaired) electrons. The van der Waals surface area contributed by atoms with Crippen molar-refractivity contribution in [1.82, 2.24) is 4.90 Å². The van der Waals surface area contributed by atoms with Gasteiger partial charge in [0.25, 0.3) is 6.43 Å². The summed E-state index contributed by atoms with van der Waals surface area (Å²) >= 11 is 0. The van der Waals surface area contributed by atoms with Crippen LogP contribution in [0.5, 0.6) is 0 Å². The molecule has 0 saturated heterocycles. The normalized spacial score (nSPS) is 40.8. The van der Waals surface area contributed by atoms with Gasteiger partial charge in [-0.1, -0.05) is 6.92 Å². The molecule has 4 aliphatic carbocycles. The van der Waals surface area contributed by atoms with E-state index in [-0.39, 0.29) is 29.8 Å². The minimum Gasteiger partial charge on any atom is -0.335 e. The molecule has 3 nitrogen and oxygen atoms in total. The summed E-state index contributed by atoms with van der Waals surface area (Å²) in [6.07, 6.45) is 3.87. The second kappa shape index (κ2) is 5.18. The molecule has 2 atom stereocenters. The Morgan fingerprint density at radius 2 is 1.90 bits per heavy atom. The molecule has 0 aliphatic heterocycles. The van der Waals surface area contributed by atoms with E-state index in [9.17, 15) is 13.6 Å². The van der Waals surface area contributed by atoms with Crippen LogP contribution in [0.3, 0.4) is 0 Å². The molecule has 0 aromatic carbocycles. The molecule has 21 heavy (non-hydrogen) atoms. The lowest BCUT2D eigenvalue weighted by Crippen LogP contribution is -2.58. The van der Waals surface area contributed by atoms with Gasteiger partial charge in [-0.2, -0.15) is 0 Å². The molecule has 0 spiro atoms. The Kier molecular flexibility index (Phi) is 3.75. The predicted octanol–water partition coefficient (Wildman–Crippen LogP) is 2.65. The molecule has 2 unspecified atom stereocenters. The van der Waals surface area contributed by atoms with Crippen molar-refractivity contribution in [2.45, 2.75) is 51.9 Å². The van der Waals surface area contributed by atoms with E-state index in [2.05, 4.69) is 6.92 Å². The fourth-order valence-corrected chi connectivity index (χ4v) is 5.90. The van der Waals surface area contributed by atoms with Crippen LogP contribution in [0.1, 0.15) is 45.4 Å². The Morgan fingerprint density at radius 1 is 1.29 bits per heavy atom. The minimum absolute atomic E-state index is 0.0476. The highest BCUT2D eigenvalue weighted by molar-refractivity contribution is 5.83. The highest BCUT2D eigenvalue weighted by atomic mass is 19.3. The number of carbonyl (C=O) groups excluding carboxylic acids is 1. The summed E-state index contributed by atoms with van der Waals surface area (Å²) in [6, 6.07) is 0. The topological polar surface area (TPSA) is 46.3 Å². The number of amides is 1. The van der Waals surface area contributed by atoms with Crippen molar-refractivity contribution in [2.75, 3.05) is 19.6 Å². The molecular weight excluding hydrogens is 274 g/mol. The first-order chi connectivity index (χ1) is 9.86. The van der Waals surface area contributed by atoms with Crippen molar-refractivity contribution in [1.29, 1.82) is 0 Å². The second-order valence-corrected chi connectivity index (χ2v) is 7.98. The lowest BCUT2D eigenvalue weighted by atomic mass is 9.44. The summed E-state index contributed by atoms with van der Waals surface area (Å²) in [5, 5.41) is 0. The zero-order valence-electron chi connectivity index (χ0n) is 12.8. The molecule has 0 aromatic heterocycles. The summed E-state index contributed by atoms with van der Waals surface area (Å²) < 4.78 is 25.6. The first-order valence-corrected chi connectivity index (χ1v) is 8.13. The fraction of sp³-hybridized carbons (Fsp3) is 0.938. The molecule has 4 fully saturated rings. The number of rotatable bonds is 5. The van der Waals surface area contributed by atoms with Crippen molar-refractivity contribution in [3.8, 4) is 0 Å². The fourth-order valence-electron chi connectivity index (χ4n) is 5.90. The summed E-state index contributed by atoms with van der Waals surface area (Å²) in [6.45, 7) is 2.31. The van der Waals surface area contributed by atoms with Crippen LogP contribution in [0.15, 0.2) is 0 Å². The molecule has 2 N–H and O–H groups in total. The van der Waals surface area contributed by atoms with Gasteiger partial charge in [-0.15, -0.1) is 0 Å². The monoisotopic (exact) mass is 300 g/mol. The highest BCUT2D eigenvalue weighted by Gasteiger charge is 2.59. The van der Waals surface area contributed by atoms with Gasteiger partial charge in [0, 0.05) is 13.1 Å². The van der Waals surface area contributed by atoms with E-state index in [1.54, 1.807) is 0 Å². The van der Waals surface area contributed by atoms with Gasteiger partial charge in [-0.3, -0.25) is 4.79 Å². The van der Waals surface area contributed by atoms with Crippen LogP contribution in [0, 0.1) is 22.7 Å². The summed E-state index contributed by atoms with van der Waals surface area (Å²) in [4.78, 5) is 14.3. The third kappa shape index (κ3) is 2.69. The van der Waals surface area contributed by atoms with Gasteiger partial charge in [0.15, 0.2) is 0 Å². The van der Waals surface area contributed by atoms with Crippen molar-refractivity contribution in [2.24, 2.45) is 28.4 Å². The van der Waals surface area contributed by atoms with Crippen LogP contribution < -0.4 is 5.73 Å². The molecule has 4 bridgehead atoms. The molecule has 4 aliphatic rings. The van der Waals surface area contributed by atoms with Crippen LogP contribution in [0.2, 0.25) is 0 Å². The summed E-state index contributed by atoms with van der Waals surface area (Å²) in [5.74, 6) is 1.19. The third-order valence-electron chi connectivity index (χ3n) is 5.85. The molecular formula is C16H26F2N2O. The number of carbonyl (C=O) groups is 1. The van der Waals surface area contributed by atoms with Crippen molar-refractivity contribution >= 4 is 5.91 Å². The van der Waals surface area contributed by atoms with Crippen LogP contribution >= 0.6 is 0 Å². The standard InChI is InChI=1S/C16H26F2N2O/c1-15-5-11-4-12(6-15)8-16(7-11,10-15)14(21)20(3-2-19)9-13(17)18/h11-13H,2-10,19H2,1H3. The molecule has 4 rings (SSSR count). The maximum Gasteiger partial charge on any atom is 0.255 e. The zero-order valence-corrected chi connectivity index (χ0v) is 12.8. The number of nitrogens with zero attached hydrogens (tertiary/aromatic N) is 1. The number of hydrogen-bond acceptors (Lipinski definition) is 2. The molecule has 4 saturated carbocycles. The van der Waals surface area contributed by atoms with Gasteiger partial charge >= 0.3 is 0 Å². The third-order valence-corrected chi connectivity index (χ3v) is 5.85. The summed E-state index contributed by atoms with van der Waals surface area (Å²) in [5.41, 5.74) is 5.40. The van der Waals surface area contributed by atoms with Crippen LogP contribution in [-0.2, 0) is 4.79 Å². The van der Waals surface area contributed by atoms with Gasteiger partial charge in [-0.05, 0) is 55.8 Å². The minimum atomic E-state index is -2.48. The van der Waals surface area contributed by atoms with E-state index in [1.807, 2.05) is 0 Å².